The zero-order chi connectivity index (χ0) is 29.2. The minimum Gasteiger partial charge on any atom is -0.456 e. The standard InChI is InChI=1S/C43H28O/c1-43(2)36-17-6-5-12-34(36)41-31(15-8-18-37(41)43)32-16-9-19-39-42(32)35-24-25(20-23-38(35)44-39)26-21-22-33-28-11-4-3-10-27(28)30-14-7-13-29(26)40(30)33/h3-24H,1-2H3. The number of benzene rings is 7. The molecule has 8 aromatic rings. The maximum absolute atomic E-state index is 6.51. The molecule has 0 fully saturated rings. The zero-order valence-electron chi connectivity index (χ0n) is 24.6. The maximum atomic E-state index is 6.51. The van der Waals surface area contributed by atoms with Crippen molar-refractivity contribution in [2.75, 3.05) is 0 Å². The lowest BCUT2D eigenvalue weighted by Crippen LogP contribution is -2.14. The second-order valence-corrected chi connectivity index (χ2v) is 12.8. The highest BCUT2D eigenvalue weighted by Gasteiger charge is 2.36. The van der Waals surface area contributed by atoms with Crippen molar-refractivity contribution in [3.63, 3.8) is 0 Å². The molecule has 0 unspecified atom stereocenters. The van der Waals surface area contributed by atoms with Gasteiger partial charge in [0, 0.05) is 16.2 Å². The lowest BCUT2D eigenvalue weighted by molar-refractivity contribution is 0.660. The fourth-order valence-corrected chi connectivity index (χ4v) is 8.26. The van der Waals surface area contributed by atoms with E-state index >= 15 is 0 Å². The van der Waals surface area contributed by atoms with E-state index in [0.29, 0.717) is 0 Å². The second kappa shape index (κ2) is 8.36. The maximum Gasteiger partial charge on any atom is 0.136 e. The van der Waals surface area contributed by atoms with Crippen molar-refractivity contribution in [2.24, 2.45) is 0 Å². The topological polar surface area (TPSA) is 13.1 Å². The predicted octanol–water partition coefficient (Wildman–Crippen LogP) is 12.0. The van der Waals surface area contributed by atoms with Crippen molar-refractivity contribution in [1.29, 1.82) is 0 Å². The van der Waals surface area contributed by atoms with Crippen LogP contribution >= 0.6 is 0 Å². The molecule has 0 spiro atoms. The van der Waals surface area contributed by atoms with E-state index in [1.165, 1.54) is 82.9 Å². The Morgan fingerprint density at radius 3 is 1.86 bits per heavy atom. The van der Waals surface area contributed by atoms with Gasteiger partial charge in [-0.15, -0.1) is 0 Å². The molecule has 0 atom stereocenters. The summed E-state index contributed by atoms with van der Waals surface area (Å²) in [5.41, 5.74) is 17.5. The number of hydrogen-bond acceptors (Lipinski definition) is 1. The minimum absolute atomic E-state index is 0.0447. The normalized spacial score (nSPS) is 13.9. The van der Waals surface area contributed by atoms with Gasteiger partial charge in [-0.25, -0.2) is 0 Å². The molecule has 0 bridgehead atoms. The summed E-state index contributed by atoms with van der Waals surface area (Å²) in [6.07, 6.45) is 0. The van der Waals surface area contributed by atoms with Crippen molar-refractivity contribution >= 4 is 32.7 Å². The SMILES string of the molecule is CC1(C)c2ccccc2-c2c(-c3cccc4oc5ccc(-c6ccc7c8c(cccc68)-c6ccccc6-7)cc5c34)cccc21. The summed E-state index contributed by atoms with van der Waals surface area (Å²) in [4.78, 5) is 0. The summed E-state index contributed by atoms with van der Waals surface area (Å²) in [5.74, 6) is 0. The van der Waals surface area contributed by atoms with Crippen LogP contribution in [0.4, 0.5) is 0 Å². The van der Waals surface area contributed by atoms with Gasteiger partial charge in [0.1, 0.15) is 11.2 Å². The third kappa shape index (κ3) is 2.99. The molecule has 0 radical (unpaired) electrons. The number of rotatable bonds is 2. The van der Waals surface area contributed by atoms with Gasteiger partial charge in [-0.1, -0.05) is 129 Å². The van der Waals surface area contributed by atoms with Gasteiger partial charge in [-0.3, -0.25) is 0 Å². The Hall–Kier alpha value is -5.40. The average molecular weight is 561 g/mol. The van der Waals surface area contributed by atoms with Gasteiger partial charge in [0.25, 0.3) is 0 Å². The van der Waals surface area contributed by atoms with Gasteiger partial charge >= 0.3 is 0 Å². The first kappa shape index (κ1) is 24.1. The Morgan fingerprint density at radius 2 is 1.02 bits per heavy atom. The fourth-order valence-electron chi connectivity index (χ4n) is 8.26. The van der Waals surface area contributed by atoms with Crippen molar-refractivity contribution in [2.45, 2.75) is 19.3 Å². The molecule has 0 N–H and O–H groups in total. The van der Waals surface area contributed by atoms with Crippen LogP contribution in [0.2, 0.25) is 0 Å². The Morgan fingerprint density at radius 1 is 0.409 bits per heavy atom. The van der Waals surface area contributed by atoms with Crippen LogP contribution in [0.5, 0.6) is 0 Å². The van der Waals surface area contributed by atoms with E-state index in [4.69, 9.17) is 4.42 Å². The van der Waals surface area contributed by atoms with Crippen LogP contribution in [-0.2, 0) is 5.41 Å². The molecule has 44 heavy (non-hydrogen) atoms. The van der Waals surface area contributed by atoms with Gasteiger partial charge in [0.2, 0.25) is 0 Å². The summed E-state index contributed by atoms with van der Waals surface area (Å²) in [6, 6.07) is 49.1. The second-order valence-electron chi connectivity index (χ2n) is 12.8. The van der Waals surface area contributed by atoms with Crippen molar-refractivity contribution in [3.05, 3.63) is 145 Å². The number of fused-ring (bicyclic) bond motifs is 9. The first-order valence-electron chi connectivity index (χ1n) is 15.4. The van der Waals surface area contributed by atoms with Crippen molar-refractivity contribution < 1.29 is 4.42 Å². The van der Waals surface area contributed by atoms with Crippen LogP contribution in [0.15, 0.2) is 138 Å². The van der Waals surface area contributed by atoms with Crippen LogP contribution in [0.3, 0.4) is 0 Å². The Kier molecular flexibility index (Phi) is 4.58. The van der Waals surface area contributed by atoms with E-state index < -0.39 is 0 Å². The summed E-state index contributed by atoms with van der Waals surface area (Å²) < 4.78 is 6.51. The fraction of sp³-hybridized carbons (Fsp3) is 0.0698. The van der Waals surface area contributed by atoms with Gasteiger partial charge in [0.15, 0.2) is 0 Å². The molecule has 0 saturated carbocycles. The summed E-state index contributed by atoms with van der Waals surface area (Å²) in [7, 11) is 0. The predicted molar refractivity (Wildman–Crippen MR) is 184 cm³/mol. The largest absolute Gasteiger partial charge is 0.456 e. The Labute approximate surface area is 256 Å². The summed E-state index contributed by atoms with van der Waals surface area (Å²) in [5, 5.41) is 4.98. The quantitative estimate of drug-likeness (QED) is 0.205. The highest BCUT2D eigenvalue weighted by Crippen LogP contribution is 2.54. The molecule has 7 aromatic carbocycles. The van der Waals surface area contributed by atoms with E-state index in [2.05, 4.69) is 147 Å². The van der Waals surface area contributed by atoms with E-state index in [1.54, 1.807) is 0 Å². The van der Waals surface area contributed by atoms with Crippen LogP contribution < -0.4 is 0 Å². The van der Waals surface area contributed by atoms with E-state index in [0.717, 1.165) is 16.6 Å². The number of hydrogen-bond donors (Lipinski definition) is 0. The van der Waals surface area contributed by atoms with Crippen LogP contribution in [0, 0.1) is 0 Å². The van der Waals surface area contributed by atoms with Crippen molar-refractivity contribution in [3.8, 4) is 55.6 Å². The van der Waals surface area contributed by atoms with Crippen LogP contribution in [0.25, 0.3) is 88.3 Å². The first-order chi connectivity index (χ1) is 21.6. The molecule has 1 heterocycles. The molecule has 2 aliphatic carbocycles. The minimum atomic E-state index is -0.0447. The molecular weight excluding hydrogens is 532 g/mol. The van der Waals surface area contributed by atoms with Crippen LogP contribution in [-0.4, -0.2) is 0 Å². The Bertz CT molecular complexity index is 2490. The van der Waals surface area contributed by atoms with Gasteiger partial charge in [-0.2, -0.15) is 0 Å². The van der Waals surface area contributed by atoms with Crippen LogP contribution in [0.1, 0.15) is 25.0 Å². The summed E-state index contributed by atoms with van der Waals surface area (Å²) >= 11 is 0. The molecule has 1 aromatic heterocycles. The van der Waals surface area contributed by atoms with Crippen molar-refractivity contribution in [1.82, 2.24) is 0 Å². The van der Waals surface area contributed by atoms with Gasteiger partial charge in [-0.05, 0) is 95.7 Å². The highest BCUT2D eigenvalue weighted by molar-refractivity contribution is 6.20. The molecule has 0 aliphatic heterocycles. The summed E-state index contributed by atoms with van der Waals surface area (Å²) in [6.45, 7) is 4.69. The lowest BCUT2D eigenvalue weighted by atomic mass is 9.82. The Balaban J connectivity index is 1.22. The molecular formula is C43H28O. The molecule has 0 saturated heterocycles. The smallest absolute Gasteiger partial charge is 0.136 e. The molecule has 2 aliphatic rings. The molecule has 206 valence electrons. The van der Waals surface area contributed by atoms with E-state index in [-0.39, 0.29) is 5.41 Å². The lowest BCUT2D eigenvalue weighted by Gasteiger charge is -2.21. The molecule has 0 amide bonds. The van der Waals surface area contributed by atoms with Gasteiger partial charge < -0.3 is 4.42 Å². The third-order valence-corrected chi connectivity index (χ3v) is 10.3. The monoisotopic (exact) mass is 560 g/mol. The van der Waals surface area contributed by atoms with Gasteiger partial charge in [0.05, 0.1) is 0 Å². The molecule has 10 rings (SSSR count). The van der Waals surface area contributed by atoms with E-state index in [9.17, 15) is 0 Å². The molecule has 1 nitrogen and oxygen atoms in total. The average Bonchev–Trinajstić information content (AvgIpc) is 3.68. The molecule has 1 heteroatoms. The van der Waals surface area contributed by atoms with E-state index in [1.807, 2.05) is 0 Å². The highest BCUT2D eigenvalue weighted by atomic mass is 16.3. The first-order valence-corrected chi connectivity index (χ1v) is 15.4. The third-order valence-electron chi connectivity index (χ3n) is 10.3. The zero-order valence-corrected chi connectivity index (χ0v) is 24.6. The number of furan rings is 1.